The van der Waals surface area contributed by atoms with E-state index >= 15 is 0 Å². The fraction of sp³-hybridized carbons (Fsp3) is 0.200. The number of anilines is 2. The zero-order chi connectivity index (χ0) is 13.8. The summed E-state index contributed by atoms with van der Waals surface area (Å²) in [5.41, 5.74) is 14.9. The van der Waals surface area contributed by atoms with Crippen molar-refractivity contribution in [3.63, 3.8) is 0 Å². The third kappa shape index (κ3) is 2.91. The molecular weight excluding hydrogens is 240 g/mol. The molecular formula is C15H18N2O2. The van der Waals surface area contributed by atoms with Crippen molar-refractivity contribution in [2.24, 2.45) is 0 Å². The highest BCUT2D eigenvalue weighted by molar-refractivity contribution is 5.57. The van der Waals surface area contributed by atoms with Crippen LogP contribution in [-0.4, -0.2) is 6.79 Å². The van der Waals surface area contributed by atoms with Crippen LogP contribution in [0.15, 0.2) is 36.4 Å². The summed E-state index contributed by atoms with van der Waals surface area (Å²) >= 11 is 0. The topological polar surface area (TPSA) is 70.5 Å². The molecule has 0 spiro atoms. The van der Waals surface area contributed by atoms with Crippen molar-refractivity contribution in [1.82, 2.24) is 0 Å². The monoisotopic (exact) mass is 258 g/mol. The van der Waals surface area contributed by atoms with Crippen LogP contribution in [0.4, 0.5) is 11.4 Å². The molecule has 100 valence electrons. The summed E-state index contributed by atoms with van der Waals surface area (Å²) in [6.45, 7) is 3.94. The highest BCUT2D eigenvalue weighted by Crippen LogP contribution is 2.26. The fourth-order valence-electron chi connectivity index (χ4n) is 1.72. The van der Waals surface area contributed by atoms with Crippen LogP contribution in [0.1, 0.15) is 11.1 Å². The number of hydrogen-bond acceptors (Lipinski definition) is 4. The number of rotatable bonds is 4. The second kappa shape index (κ2) is 5.52. The van der Waals surface area contributed by atoms with Gasteiger partial charge in [-0.3, -0.25) is 0 Å². The van der Waals surface area contributed by atoms with E-state index in [1.54, 1.807) is 0 Å². The van der Waals surface area contributed by atoms with Gasteiger partial charge >= 0.3 is 0 Å². The quantitative estimate of drug-likeness (QED) is 0.653. The summed E-state index contributed by atoms with van der Waals surface area (Å²) in [6.07, 6.45) is 0. The maximum Gasteiger partial charge on any atom is 0.231 e. The van der Waals surface area contributed by atoms with Crippen molar-refractivity contribution in [1.29, 1.82) is 0 Å². The molecule has 4 nitrogen and oxygen atoms in total. The van der Waals surface area contributed by atoms with Gasteiger partial charge in [-0.25, -0.2) is 0 Å². The largest absolute Gasteiger partial charge is 0.457 e. The average molecular weight is 258 g/mol. The van der Waals surface area contributed by atoms with E-state index in [9.17, 15) is 0 Å². The first-order chi connectivity index (χ1) is 9.09. The molecule has 2 rings (SSSR count). The Morgan fingerprint density at radius 1 is 0.895 bits per heavy atom. The Balaban J connectivity index is 2.00. The Bertz CT molecular complexity index is 531. The van der Waals surface area contributed by atoms with Gasteiger partial charge in [0.15, 0.2) is 0 Å². The van der Waals surface area contributed by atoms with E-state index in [1.807, 2.05) is 50.2 Å². The highest BCUT2D eigenvalue weighted by atomic mass is 16.7. The lowest BCUT2D eigenvalue weighted by molar-refractivity contribution is 0.120. The number of nitrogens with two attached hydrogens (primary N) is 2. The summed E-state index contributed by atoms with van der Waals surface area (Å²) < 4.78 is 11.1. The minimum Gasteiger partial charge on any atom is -0.457 e. The molecule has 0 fully saturated rings. The zero-order valence-corrected chi connectivity index (χ0v) is 11.1. The number of aryl methyl sites for hydroxylation is 1. The summed E-state index contributed by atoms with van der Waals surface area (Å²) in [7, 11) is 0. The van der Waals surface area contributed by atoms with Crippen LogP contribution in [0.3, 0.4) is 0 Å². The van der Waals surface area contributed by atoms with Crippen LogP contribution in [-0.2, 0) is 0 Å². The summed E-state index contributed by atoms with van der Waals surface area (Å²) in [5, 5.41) is 0. The van der Waals surface area contributed by atoms with Gasteiger partial charge < -0.3 is 20.9 Å². The minimum atomic E-state index is 0.0952. The normalized spacial score (nSPS) is 10.2. The minimum absolute atomic E-state index is 0.0952. The lowest BCUT2D eigenvalue weighted by atomic mass is 10.2. The molecule has 0 aliphatic carbocycles. The molecule has 0 aliphatic rings. The van der Waals surface area contributed by atoms with Gasteiger partial charge in [0.1, 0.15) is 11.5 Å². The van der Waals surface area contributed by atoms with Gasteiger partial charge in [0.2, 0.25) is 6.79 Å². The Morgan fingerprint density at radius 3 is 2.32 bits per heavy atom. The Morgan fingerprint density at radius 2 is 1.53 bits per heavy atom. The first-order valence-corrected chi connectivity index (χ1v) is 6.05. The molecule has 0 heterocycles. The summed E-state index contributed by atoms with van der Waals surface area (Å²) in [5.74, 6) is 1.34. The highest BCUT2D eigenvalue weighted by Gasteiger charge is 2.05. The second-order valence-electron chi connectivity index (χ2n) is 4.36. The Kier molecular flexibility index (Phi) is 3.80. The lowest BCUT2D eigenvalue weighted by Gasteiger charge is -2.13. The molecule has 0 saturated carbocycles. The predicted molar refractivity (Wildman–Crippen MR) is 77.3 cm³/mol. The van der Waals surface area contributed by atoms with E-state index in [1.165, 1.54) is 0 Å². The van der Waals surface area contributed by atoms with Crippen LogP contribution < -0.4 is 20.9 Å². The third-order valence-electron chi connectivity index (χ3n) is 3.04. The first-order valence-electron chi connectivity index (χ1n) is 6.05. The van der Waals surface area contributed by atoms with Crippen molar-refractivity contribution < 1.29 is 9.47 Å². The molecule has 0 bridgehead atoms. The zero-order valence-electron chi connectivity index (χ0n) is 11.1. The number of para-hydroxylation sites is 1. The maximum absolute atomic E-state index is 5.92. The van der Waals surface area contributed by atoms with Crippen LogP contribution in [0.25, 0.3) is 0 Å². The van der Waals surface area contributed by atoms with E-state index in [0.717, 1.165) is 11.1 Å². The molecule has 0 amide bonds. The van der Waals surface area contributed by atoms with Gasteiger partial charge in [0.25, 0.3) is 0 Å². The second-order valence-corrected chi connectivity index (χ2v) is 4.36. The molecule has 0 aliphatic heterocycles. The number of nitrogen functional groups attached to an aromatic ring is 2. The van der Waals surface area contributed by atoms with Crippen molar-refractivity contribution >= 4 is 11.4 Å². The van der Waals surface area contributed by atoms with Crippen LogP contribution in [0.5, 0.6) is 11.5 Å². The molecule has 4 heteroatoms. The molecule has 0 radical (unpaired) electrons. The van der Waals surface area contributed by atoms with Crippen molar-refractivity contribution in [3.8, 4) is 11.5 Å². The smallest absolute Gasteiger partial charge is 0.231 e. The summed E-state index contributed by atoms with van der Waals surface area (Å²) in [4.78, 5) is 0. The first kappa shape index (κ1) is 13.1. The van der Waals surface area contributed by atoms with Gasteiger partial charge in [-0.2, -0.15) is 0 Å². The average Bonchev–Trinajstić information content (AvgIpc) is 2.39. The fourth-order valence-corrected chi connectivity index (χ4v) is 1.72. The van der Waals surface area contributed by atoms with Crippen LogP contribution in [0, 0.1) is 13.8 Å². The maximum atomic E-state index is 5.92. The molecule has 4 N–H and O–H groups in total. The van der Waals surface area contributed by atoms with Crippen molar-refractivity contribution in [2.45, 2.75) is 13.8 Å². The molecule has 0 unspecified atom stereocenters. The van der Waals surface area contributed by atoms with Gasteiger partial charge in [0.05, 0.1) is 5.69 Å². The molecule has 2 aromatic rings. The molecule has 0 aromatic heterocycles. The van der Waals surface area contributed by atoms with E-state index in [0.29, 0.717) is 22.9 Å². The van der Waals surface area contributed by atoms with Gasteiger partial charge in [0, 0.05) is 11.3 Å². The molecule has 0 saturated heterocycles. The SMILES string of the molecule is Cc1cccc(OCOc2cccc(N)c2C)c1N. The van der Waals surface area contributed by atoms with Gasteiger partial charge in [-0.1, -0.05) is 18.2 Å². The number of ether oxygens (including phenoxy) is 2. The molecule has 19 heavy (non-hydrogen) atoms. The van der Waals surface area contributed by atoms with E-state index < -0.39 is 0 Å². The molecule has 2 aromatic carbocycles. The third-order valence-corrected chi connectivity index (χ3v) is 3.04. The van der Waals surface area contributed by atoms with Crippen LogP contribution in [0.2, 0.25) is 0 Å². The lowest BCUT2D eigenvalue weighted by Crippen LogP contribution is -2.08. The van der Waals surface area contributed by atoms with Gasteiger partial charge in [-0.05, 0) is 37.6 Å². The van der Waals surface area contributed by atoms with Crippen LogP contribution >= 0.6 is 0 Å². The standard InChI is InChI=1S/C15H18N2O2/c1-10-5-3-8-14(15(10)17)19-9-18-13-7-4-6-12(16)11(13)2/h3-8H,9,16-17H2,1-2H3. The van der Waals surface area contributed by atoms with Crippen molar-refractivity contribution in [2.75, 3.05) is 18.3 Å². The Hall–Kier alpha value is -2.36. The predicted octanol–water partition coefficient (Wildman–Crippen LogP) is 2.88. The number of hydrogen-bond donors (Lipinski definition) is 2. The summed E-state index contributed by atoms with van der Waals surface area (Å²) in [6, 6.07) is 11.2. The number of benzene rings is 2. The van der Waals surface area contributed by atoms with Crippen molar-refractivity contribution in [3.05, 3.63) is 47.5 Å². The Labute approximate surface area is 112 Å². The van der Waals surface area contributed by atoms with Gasteiger partial charge in [-0.15, -0.1) is 0 Å². The van der Waals surface area contributed by atoms with E-state index in [2.05, 4.69) is 0 Å². The molecule has 0 atom stereocenters. The van der Waals surface area contributed by atoms with E-state index in [-0.39, 0.29) is 6.79 Å². The van der Waals surface area contributed by atoms with E-state index in [4.69, 9.17) is 20.9 Å².